The van der Waals surface area contributed by atoms with Crippen LogP contribution in [0.4, 0.5) is 11.4 Å². The summed E-state index contributed by atoms with van der Waals surface area (Å²) in [4.78, 5) is 24.8. The molecular formula is C15H21N3O3. The minimum absolute atomic E-state index is 0.0270. The van der Waals surface area contributed by atoms with E-state index in [1.165, 1.54) is 12.5 Å². The summed E-state index contributed by atoms with van der Waals surface area (Å²) in [5.74, 6) is -0.118. The van der Waals surface area contributed by atoms with Crippen LogP contribution < -0.4 is 5.32 Å². The van der Waals surface area contributed by atoms with Gasteiger partial charge in [-0.3, -0.25) is 19.8 Å². The Morgan fingerprint density at radius 1 is 1.48 bits per heavy atom. The number of nitrogens with one attached hydrogen (secondary N) is 1. The van der Waals surface area contributed by atoms with Crippen molar-refractivity contribution in [3.8, 4) is 0 Å². The maximum Gasteiger partial charge on any atom is 0.274 e. The van der Waals surface area contributed by atoms with Crippen LogP contribution in [0.15, 0.2) is 18.2 Å². The van der Waals surface area contributed by atoms with Crippen LogP contribution >= 0.6 is 0 Å². The molecule has 1 atom stereocenters. The maximum atomic E-state index is 12.1. The molecule has 21 heavy (non-hydrogen) atoms. The van der Waals surface area contributed by atoms with Crippen LogP contribution in [0.2, 0.25) is 0 Å². The third kappa shape index (κ3) is 3.78. The molecule has 0 aliphatic carbocycles. The molecule has 1 saturated heterocycles. The van der Waals surface area contributed by atoms with Crippen LogP contribution in [-0.4, -0.2) is 34.9 Å². The van der Waals surface area contributed by atoms with Gasteiger partial charge in [-0.25, -0.2) is 0 Å². The Morgan fingerprint density at radius 2 is 2.24 bits per heavy atom. The van der Waals surface area contributed by atoms with Crippen molar-refractivity contribution in [1.29, 1.82) is 0 Å². The number of rotatable bonds is 4. The summed E-state index contributed by atoms with van der Waals surface area (Å²) < 4.78 is 0. The lowest BCUT2D eigenvalue weighted by molar-refractivity contribution is -0.385. The van der Waals surface area contributed by atoms with E-state index in [4.69, 9.17) is 0 Å². The van der Waals surface area contributed by atoms with E-state index < -0.39 is 4.92 Å². The number of likely N-dealkylation sites (tertiary alicyclic amines) is 1. The van der Waals surface area contributed by atoms with Gasteiger partial charge in [-0.15, -0.1) is 0 Å². The van der Waals surface area contributed by atoms with Crippen molar-refractivity contribution in [1.82, 2.24) is 4.90 Å². The Balaban J connectivity index is 2.02. The van der Waals surface area contributed by atoms with Gasteiger partial charge in [0.1, 0.15) is 0 Å². The van der Waals surface area contributed by atoms with Crippen molar-refractivity contribution >= 4 is 17.3 Å². The fourth-order valence-corrected chi connectivity index (χ4v) is 2.72. The minimum Gasteiger partial charge on any atom is -0.324 e. The summed E-state index contributed by atoms with van der Waals surface area (Å²) in [5, 5.41) is 13.7. The van der Waals surface area contributed by atoms with Gasteiger partial charge in [0.25, 0.3) is 5.69 Å². The van der Waals surface area contributed by atoms with Crippen LogP contribution in [0, 0.1) is 17.0 Å². The van der Waals surface area contributed by atoms with Gasteiger partial charge in [-0.1, -0.05) is 12.5 Å². The van der Waals surface area contributed by atoms with E-state index in [1.807, 2.05) is 0 Å². The molecule has 0 saturated carbocycles. The van der Waals surface area contributed by atoms with Crippen LogP contribution in [0.1, 0.15) is 31.7 Å². The lowest BCUT2D eigenvalue weighted by Crippen LogP contribution is -2.42. The Labute approximate surface area is 124 Å². The SMILES string of the molecule is Cc1c(NC(=O)CN2CCCC[C@H]2C)cccc1[N+](=O)[O-]. The second-order valence-corrected chi connectivity index (χ2v) is 5.57. The number of anilines is 1. The lowest BCUT2D eigenvalue weighted by Gasteiger charge is -2.32. The Morgan fingerprint density at radius 3 is 2.90 bits per heavy atom. The number of hydrogen-bond donors (Lipinski definition) is 1. The highest BCUT2D eigenvalue weighted by atomic mass is 16.6. The van der Waals surface area contributed by atoms with Gasteiger partial charge in [0, 0.05) is 12.1 Å². The standard InChI is InChI=1S/C15H21N3O3/c1-11-6-3-4-9-17(11)10-15(19)16-13-7-5-8-14(12(13)2)18(20)21/h5,7-8,11H,3-4,6,9-10H2,1-2H3,(H,16,19)/t11-/m1/s1. The zero-order chi connectivity index (χ0) is 15.4. The summed E-state index contributed by atoms with van der Waals surface area (Å²) in [6.45, 7) is 5.05. The first-order valence-corrected chi connectivity index (χ1v) is 7.27. The topological polar surface area (TPSA) is 75.5 Å². The number of benzene rings is 1. The summed E-state index contributed by atoms with van der Waals surface area (Å²) in [6, 6.07) is 5.14. The van der Waals surface area contributed by atoms with Crippen molar-refractivity contribution in [2.45, 2.75) is 39.2 Å². The van der Waals surface area contributed by atoms with E-state index >= 15 is 0 Å². The van der Waals surface area contributed by atoms with Crippen molar-refractivity contribution in [3.63, 3.8) is 0 Å². The molecule has 0 aromatic heterocycles. The van der Waals surface area contributed by atoms with E-state index in [0.717, 1.165) is 19.4 Å². The predicted molar refractivity (Wildman–Crippen MR) is 81.3 cm³/mol. The average Bonchev–Trinajstić information content (AvgIpc) is 2.43. The van der Waals surface area contributed by atoms with Gasteiger partial charge in [0.15, 0.2) is 0 Å². The maximum absolute atomic E-state index is 12.1. The monoisotopic (exact) mass is 291 g/mol. The number of nitrogens with zero attached hydrogens (tertiary/aromatic N) is 2. The molecule has 1 aromatic rings. The van der Waals surface area contributed by atoms with E-state index in [2.05, 4.69) is 17.1 Å². The summed E-state index contributed by atoms with van der Waals surface area (Å²) in [6.07, 6.45) is 3.44. The molecule has 0 bridgehead atoms. The smallest absolute Gasteiger partial charge is 0.274 e. The Bertz CT molecular complexity index is 545. The third-order valence-electron chi connectivity index (χ3n) is 4.06. The highest BCUT2D eigenvalue weighted by molar-refractivity contribution is 5.93. The molecular weight excluding hydrogens is 270 g/mol. The fraction of sp³-hybridized carbons (Fsp3) is 0.533. The van der Waals surface area contributed by atoms with Crippen LogP contribution in [0.5, 0.6) is 0 Å². The molecule has 6 nitrogen and oxygen atoms in total. The van der Waals surface area contributed by atoms with Crippen molar-refractivity contribution in [2.75, 3.05) is 18.4 Å². The normalized spacial score (nSPS) is 19.2. The van der Waals surface area contributed by atoms with E-state index in [9.17, 15) is 14.9 Å². The number of nitro groups is 1. The number of nitro benzene ring substituents is 1. The van der Waals surface area contributed by atoms with Crippen LogP contribution in [0.3, 0.4) is 0 Å². The first kappa shape index (κ1) is 15.4. The Kier molecular flexibility index (Phi) is 4.90. The molecule has 1 aliphatic rings. The van der Waals surface area contributed by atoms with Crippen LogP contribution in [-0.2, 0) is 4.79 Å². The van der Waals surface area contributed by atoms with Gasteiger partial charge < -0.3 is 5.32 Å². The molecule has 6 heteroatoms. The minimum atomic E-state index is -0.433. The third-order valence-corrected chi connectivity index (χ3v) is 4.06. The molecule has 1 amide bonds. The van der Waals surface area contributed by atoms with Gasteiger partial charge in [0.05, 0.1) is 22.7 Å². The van der Waals surface area contributed by atoms with Crippen molar-refractivity contribution in [2.24, 2.45) is 0 Å². The number of hydrogen-bond acceptors (Lipinski definition) is 4. The first-order valence-electron chi connectivity index (χ1n) is 7.27. The highest BCUT2D eigenvalue weighted by Gasteiger charge is 2.21. The number of amides is 1. The molecule has 0 radical (unpaired) electrons. The second kappa shape index (κ2) is 6.67. The quantitative estimate of drug-likeness (QED) is 0.683. The number of piperidine rings is 1. The molecule has 1 heterocycles. The highest BCUT2D eigenvalue weighted by Crippen LogP contribution is 2.25. The lowest BCUT2D eigenvalue weighted by atomic mass is 10.0. The number of carbonyl (C=O) groups is 1. The average molecular weight is 291 g/mol. The van der Waals surface area contributed by atoms with E-state index in [0.29, 0.717) is 23.8 Å². The molecule has 1 N–H and O–H groups in total. The predicted octanol–water partition coefficient (Wildman–Crippen LogP) is 2.72. The van der Waals surface area contributed by atoms with Gasteiger partial charge in [-0.05, 0) is 39.3 Å². The molecule has 2 rings (SSSR count). The zero-order valence-corrected chi connectivity index (χ0v) is 12.5. The van der Waals surface area contributed by atoms with E-state index in [1.54, 1.807) is 19.1 Å². The fourth-order valence-electron chi connectivity index (χ4n) is 2.72. The molecule has 1 fully saturated rings. The number of carbonyl (C=O) groups excluding carboxylic acids is 1. The molecule has 0 unspecified atom stereocenters. The molecule has 0 spiro atoms. The van der Waals surface area contributed by atoms with Gasteiger partial charge in [-0.2, -0.15) is 0 Å². The molecule has 1 aromatic carbocycles. The zero-order valence-electron chi connectivity index (χ0n) is 12.5. The van der Waals surface area contributed by atoms with Crippen molar-refractivity contribution < 1.29 is 9.72 Å². The van der Waals surface area contributed by atoms with Crippen LogP contribution in [0.25, 0.3) is 0 Å². The second-order valence-electron chi connectivity index (χ2n) is 5.57. The van der Waals surface area contributed by atoms with E-state index in [-0.39, 0.29) is 11.6 Å². The Hall–Kier alpha value is -1.95. The van der Waals surface area contributed by atoms with Gasteiger partial charge >= 0.3 is 0 Å². The van der Waals surface area contributed by atoms with Crippen molar-refractivity contribution in [3.05, 3.63) is 33.9 Å². The molecule has 114 valence electrons. The summed E-state index contributed by atoms with van der Waals surface area (Å²) in [7, 11) is 0. The largest absolute Gasteiger partial charge is 0.324 e. The van der Waals surface area contributed by atoms with Gasteiger partial charge in [0.2, 0.25) is 5.91 Å². The molecule has 1 aliphatic heterocycles. The first-order chi connectivity index (χ1) is 9.99. The summed E-state index contributed by atoms with van der Waals surface area (Å²) >= 11 is 0. The summed E-state index contributed by atoms with van der Waals surface area (Å²) in [5.41, 5.74) is 1.03.